The maximum Gasteiger partial charge on any atom is 0.191 e. The third-order valence-corrected chi connectivity index (χ3v) is 4.95. The molecule has 1 atom stereocenters. The van der Waals surface area contributed by atoms with Crippen molar-refractivity contribution in [2.45, 2.75) is 33.2 Å². The average Bonchev–Trinajstić information content (AvgIpc) is 2.67. The summed E-state index contributed by atoms with van der Waals surface area (Å²) in [4.78, 5) is 9.77. The third-order valence-electron chi connectivity index (χ3n) is 4.95. The fraction of sp³-hybridized carbons (Fsp3) is 0.650. The number of hydrogen-bond acceptors (Lipinski definition) is 3. The number of halogens is 2. The number of guanidine groups is 1. The number of piperazine rings is 1. The van der Waals surface area contributed by atoms with Gasteiger partial charge in [0.15, 0.2) is 5.96 Å². The maximum absolute atomic E-state index is 13.0. The second-order valence-electron chi connectivity index (χ2n) is 6.84. The van der Waals surface area contributed by atoms with Gasteiger partial charge >= 0.3 is 0 Å². The van der Waals surface area contributed by atoms with Gasteiger partial charge in [0, 0.05) is 45.3 Å². The van der Waals surface area contributed by atoms with E-state index in [9.17, 15) is 4.39 Å². The molecular weight excluding hydrogens is 456 g/mol. The van der Waals surface area contributed by atoms with E-state index in [-0.39, 0.29) is 29.8 Å². The van der Waals surface area contributed by atoms with Crippen LogP contribution in [0.4, 0.5) is 4.39 Å². The Morgan fingerprint density at radius 2 is 1.78 bits per heavy atom. The molecule has 1 fully saturated rings. The molecule has 1 unspecified atom stereocenters. The first-order valence-corrected chi connectivity index (χ1v) is 9.85. The molecule has 154 valence electrons. The summed E-state index contributed by atoms with van der Waals surface area (Å²) in [7, 11) is 0. The summed E-state index contributed by atoms with van der Waals surface area (Å²) >= 11 is 0. The van der Waals surface area contributed by atoms with E-state index in [1.807, 2.05) is 12.1 Å². The van der Waals surface area contributed by atoms with Gasteiger partial charge in [-0.2, -0.15) is 0 Å². The topological polar surface area (TPSA) is 42.9 Å². The molecule has 1 heterocycles. The van der Waals surface area contributed by atoms with Gasteiger partial charge in [-0.15, -0.1) is 24.0 Å². The molecule has 2 N–H and O–H groups in total. The van der Waals surface area contributed by atoms with Crippen LogP contribution < -0.4 is 10.6 Å². The van der Waals surface area contributed by atoms with Gasteiger partial charge in [-0.05, 0) is 44.5 Å². The number of hydrogen-bond donors (Lipinski definition) is 2. The number of nitrogens with one attached hydrogen (secondary N) is 2. The van der Waals surface area contributed by atoms with Crippen molar-refractivity contribution in [3.05, 3.63) is 35.6 Å². The largest absolute Gasteiger partial charge is 0.357 e. The van der Waals surface area contributed by atoms with Crippen LogP contribution >= 0.6 is 24.0 Å². The Kier molecular flexibility index (Phi) is 11.9. The first-order valence-electron chi connectivity index (χ1n) is 9.85. The van der Waals surface area contributed by atoms with Crippen LogP contribution in [0, 0.1) is 5.82 Å². The van der Waals surface area contributed by atoms with E-state index in [0.717, 1.165) is 70.3 Å². The summed E-state index contributed by atoms with van der Waals surface area (Å²) in [5.41, 5.74) is 1.12. The lowest BCUT2D eigenvalue weighted by molar-refractivity contribution is 0.109. The lowest BCUT2D eigenvalue weighted by Gasteiger charge is -2.37. The quantitative estimate of drug-likeness (QED) is 0.334. The highest BCUT2D eigenvalue weighted by Crippen LogP contribution is 2.06. The predicted octanol–water partition coefficient (Wildman–Crippen LogP) is 2.57. The van der Waals surface area contributed by atoms with Crippen LogP contribution in [0.15, 0.2) is 29.3 Å². The molecular formula is C20H35FIN5. The molecule has 1 aromatic carbocycles. The van der Waals surface area contributed by atoms with Gasteiger partial charge in [-0.25, -0.2) is 4.39 Å². The molecule has 0 bridgehead atoms. The van der Waals surface area contributed by atoms with Gasteiger partial charge in [0.2, 0.25) is 0 Å². The monoisotopic (exact) mass is 491 g/mol. The molecule has 1 aliphatic rings. The van der Waals surface area contributed by atoms with E-state index in [0.29, 0.717) is 6.04 Å². The molecule has 1 aromatic rings. The lowest BCUT2D eigenvalue weighted by Crippen LogP contribution is -2.50. The Balaban J connectivity index is 0.00000364. The van der Waals surface area contributed by atoms with Crippen LogP contribution in [-0.4, -0.2) is 74.2 Å². The van der Waals surface area contributed by atoms with Crippen LogP contribution in [-0.2, 0) is 6.42 Å². The highest BCUT2D eigenvalue weighted by atomic mass is 127. The Bertz CT molecular complexity index is 544. The molecule has 7 heteroatoms. The van der Waals surface area contributed by atoms with Crippen molar-refractivity contribution >= 4 is 29.9 Å². The molecule has 2 rings (SSSR count). The van der Waals surface area contributed by atoms with Gasteiger partial charge in [0.25, 0.3) is 0 Å². The zero-order valence-corrected chi connectivity index (χ0v) is 19.2. The number of rotatable bonds is 8. The summed E-state index contributed by atoms with van der Waals surface area (Å²) in [6.07, 6.45) is 0.846. The van der Waals surface area contributed by atoms with Crippen molar-refractivity contribution in [2.24, 2.45) is 4.99 Å². The molecule has 0 saturated carbocycles. The highest BCUT2D eigenvalue weighted by molar-refractivity contribution is 14.0. The summed E-state index contributed by atoms with van der Waals surface area (Å²) in [6, 6.07) is 7.13. The van der Waals surface area contributed by atoms with E-state index in [1.54, 1.807) is 0 Å². The van der Waals surface area contributed by atoms with Crippen molar-refractivity contribution < 1.29 is 4.39 Å². The minimum atomic E-state index is -0.189. The van der Waals surface area contributed by atoms with Crippen molar-refractivity contribution in [1.29, 1.82) is 0 Å². The summed E-state index contributed by atoms with van der Waals surface area (Å²) < 4.78 is 13.0. The summed E-state index contributed by atoms with van der Waals surface area (Å²) in [5, 5.41) is 6.68. The number of likely N-dealkylation sites (N-methyl/N-ethyl adjacent to an activating group) is 1. The van der Waals surface area contributed by atoms with E-state index in [1.165, 1.54) is 12.1 Å². The van der Waals surface area contributed by atoms with Crippen molar-refractivity contribution in [1.82, 2.24) is 20.4 Å². The van der Waals surface area contributed by atoms with Gasteiger partial charge in [-0.1, -0.05) is 19.1 Å². The van der Waals surface area contributed by atoms with Crippen LogP contribution in [0.5, 0.6) is 0 Å². The minimum absolute atomic E-state index is 0. The molecule has 0 aromatic heterocycles. The zero-order valence-electron chi connectivity index (χ0n) is 16.9. The van der Waals surface area contributed by atoms with Gasteiger partial charge < -0.3 is 15.5 Å². The molecule has 1 aliphatic heterocycles. The van der Waals surface area contributed by atoms with Gasteiger partial charge in [0.1, 0.15) is 5.82 Å². The fourth-order valence-corrected chi connectivity index (χ4v) is 3.18. The second-order valence-corrected chi connectivity index (χ2v) is 6.84. The molecule has 0 amide bonds. The zero-order chi connectivity index (χ0) is 18.8. The average molecular weight is 491 g/mol. The summed E-state index contributed by atoms with van der Waals surface area (Å²) in [5.74, 6) is 0.666. The van der Waals surface area contributed by atoms with Crippen LogP contribution in [0.2, 0.25) is 0 Å². The first kappa shape index (κ1) is 24.1. The molecule has 27 heavy (non-hydrogen) atoms. The van der Waals surface area contributed by atoms with E-state index < -0.39 is 0 Å². The predicted molar refractivity (Wildman–Crippen MR) is 123 cm³/mol. The Hall–Kier alpha value is -0.930. The highest BCUT2D eigenvalue weighted by Gasteiger charge is 2.19. The summed E-state index contributed by atoms with van der Waals surface area (Å²) in [6.45, 7) is 14.7. The van der Waals surface area contributed by atoms with Crippen molar-refractivity contribution in [2.75, 3.05) is 52.4 Å². The molecule has 0 radical (unpaired) electrons. The van der Waals surface area contributed by atoms with Crippen molar-refractivity contribution in [3.63, 3.8) is 0 Å². The standard InChI is InChI=1S/C20H34FN5.HI/c1-4-22-20(23-11-10-18-6-8-19(21)9-7-18)24-16-17(3)26-14-12-25(5-2)13-15-26;/h6-9,17H,4-5,10-16H2,1-3H3,(H2,22,23,24);1H. The van der Waals surface area contributed by atoms with E-state index >= 15 is 0 Å². The third kappa shape index (κ3) is 8.74. The first-order chi connectivity index (χ1) is 12.6. The fourth-order valence-electron chi connectivity index (χ4n) is 3.18. The molecule has 1 saturated heterocycles. The SMILES string of the molecule is CCNC(=NCC(C)N1CCN(CC)CC1)NCCc1ccc(F)cc1.I. The molecule has 0 spiro atoms. The second kappa shape index (κ2) is 13.3. The minimum Gasteiger partial charge on any atom is -0.357 e. The van der Waals surface area contributed by atoms with Crippen LogP contribution in [0.3, 0.4) is 0 Å². The van der Waals surface area contributed by atoms with E-state index in [2.05, 4.69) is 41.2 Å². The molecule has 5 nitrogen and oxygen atoms in total. The van der Waals surface area contributed by atoms with Crippen molar-refractivity contribution in [3.8, 4) is 0 Å². The Labute approximate surface area is 180 Å². The van der Waals surface area contributed by atoms with E-state index in [4.69, 9.17) is 4.99 Å². The molecule has 0 aliphatic carbocycles. The number of aliphatic imine (C=N–C) groups is 1. The van der Waals surface area contributed by atoms with Crippen LogP contribution in [0.25, 0.3) is 0 Å². The number of nitrogens with zero attached hydrogens (tertiary/aromatic N) is 3. The smallest absolute Gasteiger partial charge is 0.191 e. The maximum atomic E-state index is 13.0. The Morgan fingerprint density at radius 3 is 2.37 bits per heavy atom. The van der Waals surface area contributed by atoms with Gasteiger partial charge in [-0.3, -0.25) is 9.89 Å². The van der Waals surface area contributed by atoms with Gasteiger partial charge in [0.05, 0.1) is 6.54 Å². The van der Waals surface area contributed by atoms with Crippen LogP contribution in [0.1, 0.15) is 26.3 Å². The normalized spacial score (nSPS) is 17.3. The lowest BCUT2D eigenvalue weighted by atomic mass is 10.1. The Morgan fingerprint density at radius 1 is 1.11 bits per heavy atom. The number of benzene rings is 1.